The van der Waals surface area contributed by atoms with E-state index >= 15 is 0 Å². The van der Waals surface area contributed by atoms with Crippen molar-refractivity contribution in [2.45, 2.75) is 30.4 Å². The number of hydrogen-bond acceptors (Lipinski definition) is 7. The zero-order chi connectivity index (χ0) is 27.6. The molecule has 2 spiro atoms. The standard InChI is InChI=1S/C29H31N5O5S/c1-20-25(26(36)34(30(20)2)21-8-4-3-5-9-21)33-24(35)18-40-29(33)22-10-6-7-11-23(22)32(27(29)37)19-31-14-12-28(13-15-31)38-16-17-39-28/h3-11H,12-19H2,1-2H3/t29-/m1/s1. The number of carbonyl (C=O) groups is 2. The Bertz CT molecular complexity index is 1550. The molecule has 40 heavy (non-hydrogen) atoms. The van der Waals surface area contributed by atoms with E-state index in [-0.39, 0.29) is 28.8 Å². The third kappa shape index (κ3) is 3.58. The molecule has 4 aliphatic rings. The number of nitrogens with zero attached hydrogens (tertiary/aromatic N) is 5. The van der Waals surface area contributed by atoms with Gasteiger partial charge in [-0.15, -0.1) is 11.8 Å². The van der Waals surface area contributed by atoms with Crippen LogP contribution in [0.2, 0.25) is 0 Å². The Kier molecular flexibility index (Phi) is 5.97. The molecule has 0 bridgehead atoms. The van der Waals surface area contributed by atoms with Gasteiger partial charge in [0.2, 0.25) is 10.8 Å². The van der Waals surface area contributed by atoms with Crippen molar-refractivity contribution in [1.82, 2.24) is 14.3 Å². The number of benzene rings is 2. The molecule has 0 unspecified atom stereocenters. The number of rotatable bonds is 4. The van der Waals surface area contributed by atoms with Crippen LogP contribution in [0.4, 0.5) is 11.4 Å². The van der Waals surface area contributed by atoms with Crippen molar-refractivity contribution in [2.24, 2.45) is 7.05 Å². The second-order valence-corrected chi connectivity index (χ2v) is 11.9. The van der Waals surface area contributed by atoms with E-state index in [4.69, 9.17) is 9.47 Å². The lowest BCUT2D eigenvalue weighted by Crippen LogP contribution is -2.54. The number of fused-ring (bicyclic) bond motifs is 2. The van der Waals surface area contributed by atoms with Gasteiger partial charge in [-0.25, -0.2) is 4.68 Å². The van der Waals surface area contributed by atoms with Crippen LogP contribution < -0.4 is 15.4 Å². The van der Waals surface area contributed by atoms with Gasteiger partial charge in [-0.1, -0.05) is 36.4 Å². The zero-order valence-electron chi connectivity index (χ0n) is 22.5. The number of ether oxygens (including phenoxy) is 2. The summed E-state index contributed by atoms with van der Waals surface area (Å²) in [6, 6.07) is 17.0. The molecule has 0 aliphatic carbocycles. The van der Waals surface area contributed by atoms with E-state index < -0.39 is 10.7 Å². The van der Waals surface area contributed by atoms with Gasteiger partial charge in [-0.3, -0.25) is 33.8 Å². The second-order valence-electron chi connectivity index (χ2n) is 10.7. The molecule has 208 valence electrons. The molecule has 5 heterocycles. The van der Waals surface area contributed by atoms with Gasteiger partial charge in [0, 0.05) is 38.5 Å². The van der Waals surface area contributed by atoms with Gasteiger partial charge in [0.25, 0.3) is 11.5 Å². The van der Waals surface area contributed by atoms with Crippen LogP contribution in [0, 0.1) is 6.92 Å². The third-order valence-electron chi connectivity index (χ3n) is 8.58. The van der Waals surface area contributed by atoms with Crippen LogP contribution in [0.15, 0.2) is 59.4 Å². The molecule has 11 heteroatoms. The summed E-state index contributed by atoms with van der Waals surface area (Å²) < 4.78 is 15.1. The molecule has 3 fully saturated rings. The summed E-state index contributed by atoms with van der Waals surface area (Å²) in [6.07, 6.45) is 1.48. The minimum Gasteiger partial charge on any atom is -0.347 e. The Morgan fingerprint density at radius 2 is 1.60 bits per heavy atom. The minimum absolute atomic E-state index is 0.105. The maximum Gasteiger partial charge on any atom is 0.295 e. The summed E-state index contributed by atoms with van der Waals surface area (Å²) in [7, 11) is 1.80. The second kappa shape index (κ2) is 9.34. The van der Waals surface area contributed by atoms with E-state index in [1.807, 2.05) is 61.5 Å². The molecule has 0 radical (unpaired) electrons. The first-order valence-electron chi connectivity index (χ1n) is 13.6. The lowest BCUT2D eigenvalue weighted by molar-refractivity contribution is -0.185. The van der Waals surface area contributed by atoms with Crippen molar-refractivity contribution >= 4 is 35.0 Å². The first kappa shape index (κ1) is 25.6. The molecule has 1 atom stereocenters. The maximum absolute atomic E-state index is 14.5. The van der Waals surface area contributed by atoms with Crippen LogP contribution in [0.5, 0.6) is 0 Å². The molecule has 2 aromatic carbocycles. The molecule has 10 nitrogen and oxygen atoms in total. The van der Waals surface area contributed by atoms with Gasteiger partial charge in [0.1, 0.15) is 5.69 Å². The highest BCUT2D eigenvalue weighted by Gasteiger charge is 2.62. The molecular weight excluding hydrogens is 530 g/mol. The summed E-state index contributed by atoms with van der Waals surface area (Å²) in [5, 5.41) is 0. The number of hydrogen-bond donors (Lipinski definition) is 0. The first-order chi connectivity index (χ1) is 19.4. The van der Waals surface area contributed by atoms with E-state index in [9.17, 15) is 14.4 Å². The average molecular weight is 562 g/mol. The van der Waals surface area contributed by atoms with Crippen molar-refractivity contribution in [1.29, 1.82) is 0 Å². The zero-order valence-corrected chi connectivity index (χ0v) is 23.4. The van der Waals surface area contributed by atoms with E-state index in [1.165, 1.54) is 16.7 Å². The fourth-order valence-corrected chi connectivity index (χ4v) is 7.83. The molecular formula is C29H31N5O5S. The van der Waals surface area contributed by atoms with Crippen molar-refractivity contribution in [3.63, 3.8) is 0 Å². The van der Waals surface area contributed by atoms with Gasteiger partial charge in [0.05, 0.1) is 42.7 Å². The molecule has 3 saturated heterocycles. The van der Waals surface area contributed by atoms with Crippen LogP contribution in [-0.4, -0.2) is 70.6 Å². The quantitative estimate of drug-likeness (QED) is 0.484. The Labute approximate surface area is 236 Å². The molecule has 0 N–H and O–H groups in total. The number of piperidine rings is 1. The Hall–Kier alpha value is -3.38. The largest absolute Gasteiger partial charge is 0.347 e. The highest BCUT2D eigenvalue weighted by molar-refractivity contribution is 8.02. The monoisotopic (exact) mass is 561 g/mol. The molecule has 2 amide bonds. The summed E-state index contributed by atoms with van der Waals surface area (Å²) in [4.78, 5) is 46.3. The number of thioether (sulfide) groups is 1. The van der Waals surface area contributed by atoms with Gasteiger partial charge >= 0.3 is 0 Å². The topological polar surface area (TPSA) is 89.3 Å². The molecule has 0 saturated carbocycles. The van der Waals surface area contributed by atoms with Gasteiger partial charge < -0.3 is 9.47 Å². The number of carbonyl (C=O) groups excluding carboxylic acids is 2. The first-order valence-corrected chi connectivity index (χ1v) is 14.6. The van der Waals surface area contributed by atoms with Crippen LogP contribution >= 0.6 is 11.8 Å². The maximum atomic E-state index is 14.5. The lowest BCUT2D eigenvalue weighted by atomic mass is 10.0. The van der Waals surface area contributed by atoms with Crippen LogP contribution in [-0.2, 0) is 31.0 Å². The fraction of sp³-hybridized carbons (Fsp3) is 0.414. The highest BCUT2D eigenvalue weighted by Crippen LogP contribution is 2.55. The predicted octanol–water partition coefficient (Wildman–Crippen LogP) is 2.56. The van der Waals surface area contributed by atoms with Crippen molar-refractivity contribution in [3.8, 4) is 5.69 Å². The highest BCUT2D eigenvalue weighted by atomic mass is 32.2. The average Bonchev–Trinajstić information content (AvgIpc) is 3.68. The number of amides is 2. The summed E-state index contributed by atoms with van der Waals surface area (Å²) >= 11 is 1.29. The Morgan fingerprint density at radius 3 is 2.33 bits per heavy atom. The summed E-state index contributed by atoms with van der Waals surface area (Å²) in [5.41, 5.74) is 2.72. The SMILES string of the molecule is Cc1c(N2C(=O)CS[C@]23C(=O)N(CN2CCC4(CC2)OCCO4)c2ccccc23)c(=O)n(-c2ccccc2)n1C. The summed E-state index contributed by atoms with van der Waals surface area (Å²) in [6.45, 7) is 4.90. The normalized spacial score (nSPS) is 24.1. The Morgan fingerprint density at radius 1 is 0.925 bits per heavy atom. The molecule has 1 aromatic heterocycles. The van der Waals surface area contributed by atoms with Crippen molar-refractivity contribution in [2.75, 3.05) is 48.5 Å². The van der Waals surface area contributed by atoms with Gasteiger partial charge in [-0.2, -0.15) is 0 Å². The number of aromatic nitrogens is 2. The summed E-state index contributed by atoms with van der Waals surface area (Å²) in [5.74, 6) is -0.851. The van der Waals surface area contributed by atoms with Crippen molar-refractivity contribution < 1.29 is 19.1 Å². The smallest absolute Gasteiger partial charge is 0.295 e. The minimum atomic E-state index is -1.35. The van der Waals surface area contributed by atoms with E-state index in [0.29, 0.717) is 31.3 Å². The number of para-hydroxylation sites is 2. The molecule has 7 rings (SSSR count). The lowest BCUT2D eigenvalue weighted by Gasteiger charge is -2.39. The van der Waals surface area contributed by atoms with E-state index in [0.717, 1.165) is 37.2 Å². The van der Waals surface area contributed by atoms with E-state index in [1.54, 1.807) is 21.3 Å². The third-order valence-corrected chi connectivity index (χ3v) is 9.97. The van der Waals surface area contributed by atoms with Gasteiger partial charge in [-0.05, 0) is 25.1 Å². The molecule has 3 aromatic rings. The molecule has 4 aliphatic heterocycles. The number of likely N-dealkylation sites (tertiary alicyclic amines) is 1. The number of anilines is 2. The van der Waals surface area contributed by atoms with Gasteiger partial charge in [0.15, 0.2) is 5.79 Å². The predicted molar refractivity (Wildman–Crippen MR) is 152 cm³/mol. The fourth-order valence-electron chi connectivity index (χ4n) is 6.48. The van der Waals surface area contributed by atoms with Crippen molar-refractivity contribution in [3.05, 3.63) is 76.2 Å². The van der Waals surface area contributed by atoms with E-state index in [2.05, 4.69) is 4.90 Å². The van der Waals surface area contributed by atoms with Crippen LogP contribution in [0.1, 0.15) is 24.1 Å². The Balaban J connectivity index is 1.28. The van der Waals surface area contributed by atoms with Crippen LogP contribution in [0.3, 0.4) is 0 Å². The van der Waals surface area contributed by atoms with Crippen LogP contribution in [0.25, 0.3) is 5.69 Å².